The van der Waals surface area contributed by atoms with Crippen molar-refractivity contribution in [2.45, 2.75) is 32.5 Å². The lowest BCUT2D eigenvalue weighted by atomic mass is 9.96. The summed E-state index contributed by atoms with van der Waals surface area (Å²) in [6.07, 6.45) is 5.41. The molecule has 0 saturated carbocycles. The van der Waals surface area contributed by atoms with Gasteiger partial charge in [0.15, 0.2) is 5.11 Å². The number of benzene rings is 1. The number of aromatic nitrogens is 3. The molecule has 2 N–H and O–H groups in total. The minimum Gasteiger partial charge on any atom is -0.352 e. The normalized spacial score (nSPS) is 17.2. The maximum atomic E-state index is 13.1. The smallest absolute Gasteiger partial charge is 0.244 e. The van der Waals surface area contributed by atoms with Crippen LogP contribution in [0.15, 0.2) is 85.3 Å². The molecule has 5 rings (SSSR count). The summed E-state index contributed by atoms with van der Waals surface area (Å²) in [5.74, 6) is -0.123. The van der Waals surface area contributed by atoms with Crippen LogP contribution in [0.4, 0.5) is 5.69 Å². The Hall–Kier alpha value is -4.04. The summed E-state index contributed by atoms with van der Waals surface area (Å²) in [5.41, 5.74) is 6.22. The van der Waals surface area contributed by atoms with Crippen molar-refractivity contribution in [1.29, 1.82) is 0 Å². The second-order valence-electron chi connectivity index (χ2n) is 8.94. The number of hydrogen-bond donors (Lipinski definition) is 2. The molecule has 4 heterocycles. The molecule has 7 nitrogen and oxygen atoms in total. The number of aryl methyl sites for hydroxylation is 1. The van der Waals surface area contributed by atoms with E-state index in [1.807, 2.05) is 78.0 Å². The van der Waals surface area contributed by atoms with E-state index in [-0.39, 0.29) is 24.5 Å². The highest BCUT2D eigenvalue weighted by Crippen LogP contribution is 2.40. The number of anilines is 1. The van der Waals surface area contributed by atoms with Gasteiger partial charge in [0.1, 0.15) is 6.54 Å². The van der Waals surface area contributed by atoms with Crippen LogP contribution < -0.4 is 10.6 Å². The summed E-state index contributed by atoms with van der Waals surface area (Å²) >= 11 is 5.76. The molecular weight excluding hydrogens is 468 g/mol. The third-order valence-electron chi connectivity index (χ3n) is 6.59. The fourth-order valence-corrected chi connectivity index (χ4v) is 5.14. The monoisotopic (exact) mass is 496 g/mol. The molecule has 1 amide bonds. The molecule has 0 radical (unpaired) electrons. The van der Waals surface area contributed by atoms with Crippen molar-refractivity contribution in [2.75, 3.05) is 11.9 Å². The Morgan fingerprint density at radius 3 is 2.50 bits per heavy atom. The van der Waals surface area contributed by atoms with Crippen LogP contribution in [0.25, 0.3) is 0 Å². The Kier molecular flexibility index (Phi) is 6.77. The number of hydrogen-bond acceptors (Lipinski definition) is 4. The lowest BCUT2D eigenvalue weighted by Crippen LogP contribution is -2.37. The van der Waals surface area contributed by atoms with Crippen LogP contribution in [0.1, 0.15) is 40.3 Å². The van der Waals surface area contributed by atoms with E-state index in [9.17, 15) is 4.79 Å². The van der Waals surface area contributed by atoms with Gasteiger partial charge in [-0.2, -0.15) is 0 Å². The number of thiocarbonyl (C=S) groups is 1. The fraction of sp³-hybridized carbons (Fsp3) is 0.214. The predicted molar refractivity (Wildman–Crippen MR) is 144 cm³/mol. The van der Waals surface area contributed by atoms with Gasteiger partial charge in [-0.25, -0.2) is 0 Å². The minimum atomic E-state index is -0.189. The highest BCUT2D eigenvalue weighted by atomic mass is 32.1. The van der Waals surface area contributed by atoms with E-state index in [1.165, 1.54) is 5.56 Å². The van der Waals surface area contributed by atoms with Crippen molar-refractivity contribution >= 4 is 28.9 Å². The van der Waals surface area contributed by atoms with Crippen molar-refractivity contribution in [2.24, 2.45) is 0 Å². The molecule has 3 aromatic heterocycles. The molecule has 2 atom stereocenters. The first-order valence-corrected chi connectivity index (χ1v) is 12.3. The van der Waals surface area contributed by atoms with Crippen LogP contribution in [0.2, 0.25) is 0 Å². The van der Waals surface area contributed by atoms with Gasteiger partial charge in [-0.1, -0.05) is 24.3 Å². The number of carbonyl (C=O) groups excluding carboxylic acids is 1. The minimum absolute atomic E-state index is 0.123. The second kappa shape index (κ2) is 10.3. The Labute approximate surface area is 216 Å². The van der Waals surface area contributed by atoms with Gasteiger partial charge >= 0.3 is 0 Å². The molecule has 1 aliphatic heterocycles. The summed E-state index contributed by atoms with van der Waals surface area (Å²) in [5, 5.41) is 6.97. The van der Waals surface area contributed by atoms with Crippen molar-refractivity contribution < 1.29 is 4.79 Å². The Balaban J connectivity index is 1.49. The van der Waals surface area contributed by atoms with E-state index in [4.69, 9.17) is 12.2 Å². The molecular formula is C28H28N6OS. The first-order chi connectivity index (χ1) is 17.5. The number of nitrogens with zero attached hydrogens (tertiary/aromatic N) is 4. The molecule has 1 fully saturated rings. The van der Waals surface area contributed by atoms with Crippen molar-refractivity contribution in [3.63, 3.8) is 0 Å². The standard InChI is InChI=1S/C28H28N6OS/c1-19-16-23(20(2)33(19)17-21-11-14-29-15-12-21)27-26(24-10-6-7-13-30-24)32-28(36)34(27)18-25(35)31-22-8-4-3-5-9-22/h3-16,26-27H,17-18H2,1-2H3,(H,31,35)(H,32,36)/t26-,27+/m1/s1. The summed E-state index contributed by atoms with van der Waals surface area (Å²) in [4.78, 5) is 23.8. The first kappa shape index (κ1) is 23.7. The fourth-order valence-electron chi connectivity index (χ4n) is 4.83. The van der Waals surface area contributed by atoms with Gasteiger partial charge in [-0.05, 0) is 79.7 Å². The van der Waals surface area contributed by atoms with E-state index >= 15 is 0 Å². The van der Waals surface area contributed by atoms with Crippen LogP contribution in [0, 0.1) is 13.8 Å². The molecule has 1 aromatic carbocycles. The number of amides is 1. The summed E-state index contributed by atoms with van der Waals surface area (Å²) in [6, 6.07) is 21.2. The molecule has 4 aromatic rings. The molecule has 36 heavy (non-hydrogen) atoms. The van der Waals surface area contributed by atoms with E-state index in [0.29, 0.717) is 5.11 Å². The Morgan fingerprint density at radius 2 is 1.78 bits per heavy atom. The van der Waals surface area contributed by atoms with Gasteiger partial charge in [0.05, 0.1) is 17.8 Å². The Bertz CT molecular complexity index is 1360. The van der Waals surface area contributed by atoms with Gasteiger partial charge in [0, 0.05) is 42.2 Å². The van der Waals surface area contributed by atoms with Crippen molar-refractivity contribution in [3.8, 4) is 0 Å². The molecule has 1 aliphatic rings. The predicted octanol–water partition coefficient (Wildman–Crippen LogP) is 4.55. The van der Waals surface area contributed by atoms with E-state index in [0.717, 1.165) is 34.9 Å². The zero-order valence-corrected chi connectivity index (χ0v) is 21.1. The molecule has 8 heteroatoms. The SMILES string of the molecule is Cc1cc([C@H]2[C@@H](c3ccccn3)NC(=S)N2CC(=O)Nc2ccccc2)c(C)n1Cc1ccncc1. The van der Waals surface area contributed by atoms with Crippen LogP contribution in [-0.2, 0) is 11.3 Å². The second-order valence-corrected chi connectivity index (χ2v) is 9.32. The van der Waals surface area contributed by atoms with Gasteiger partial charge in [-0.15, -0.1) is 0 Å². The highest BCUT2D eigenvalue weighted by Gasteiger charge is 2.42. The maximum absolute atomic E-state index is 13.1. The summed E-state index contributed by atoms with van der Waals surface area (Å²) in [6.45, 7) is 5.11. The van der Waals surface area contributed by atoms with E-state index in [1.54, 1.807) is 6.20 Å². The number of nitrogens with one attached hydrogen (secondary N) is 2. The van der Waals surface area contributed by atoms with Crippen LogP contribution >= 0.6 is 12.2 Å². The Morgan fingerprint density at radius 1 is 1.03 bits per heavy atom. The lowest BCUT2D eigenvalue weighted by Gasteiger charge is -2.27. The van der Waals surface area contributed by atoms with Crippen molar-refractivity contribution in [1.82, 2.24) is 24.8 Å². The average Bonchev–Trinajstić information content (AvgIpc) is 3.36. The number of carbonyl (C=O) groups is 1. The third-order valence-corrected chi connectivity index (χ3v) is 6.94. The van der Waals surface area contributed by atoms with Crippen LogP contribution in [-0.4, -0.2) is 37.0 Å². The number of rotatable bonds is 7. The lowest BCUT2D eigenvalue weighted by molar-refractivity contribution is -0.116. The largest absolute Gasteiger partial charge is 0.352 e. The topological polar surface area (TPSA) is 75.1 Å². The van der Waals surface area contributed by atoms with Gasteiger partial charge in [0.2, 0.25) is 5.91 Å². The van der Waals surface area contributed by atoms with Gasteiger partial charge < -0.3 is 20.1 Å². The zero-order valence-electron chi connectivity index (χ0n) is 20.3. The van der Waals surface area contributed by atoms with E-state index < -0.39 is 0 Å². The summed E-state index contributed by atoms with van der Waals surface area (Å²) < 4.78 is 2.30. The maximum Gasteiger partial charge on any atom is 0.244 e. The zero-order chi connectivity index (χ0) is 25.1. The first-order valence-electron chi connectivity index (χ1n) is 11.9. The number of para-hydroxylation sites is 1. The van der Waals surface area contributed by atoms with Crippen LogP contribution in [0.3, 0.4) is 0 Å². The molecule has 1 saturated heterocycles. The molecule has 0 bridgehead atoms. The highest BCUT2D eigenvalue weighted by molar-refractivity contribution is 7.80. The van der Waals surface area contributed by atoms with Gasteiger partial charge in [-0.3, -0.25) is 14.8 Å². The average molecular weight is 497 g/mol. The molecule has 182 valence electrons. The quantitative estimate of drug-likeness (QED) is 0.366. The third kappa shape index (κ3) is 4.85. The van der Waals surface area contributed by atoms with E-state index in [2.05, 4.69) is 45.1 Å². The van der Waals surface area contributed by atoms with Crippen molar-refractivity contribution in [3.05, 3.63) is 114 Å². The van der Waals surface area contributed by atoms with Gasteiger partial charge in [0.25, 0.3) is 0 Å². The summed E-state index contributed by atoms with van der Waals surface area (Å²) in [7, 11) is 0. The number of pyridine rings is 2. The molecule has 0 unspecified atom stereocenters. The molecule has 0 spiro atoms. The molecule has 0 aliphatic carbocycles. The van der Waals surface area contributed by atoms with Crippen LogP contribution in [0.5, 0.6) is 0 Å².